The molecular weight excluding hydrogens is 230 g/mol. The molecule has 0 amide bonds. The van der Waals surface area contributed by atoms with Crippen molar-refractivity contribution in [2.24, 2.45) is 0 Å². The molecular formula is C10H13NO6. The Hall–Kier alpha value is -1.22. The fourth-order valence-corrected chi connectivity index (χ4v) is 2.05. The predicted octanol–water partition coefficient (Wildman–Crippen LogP) is -1.15. The van der Waals surface area contributed by atoms with Crippen LogP contribution in [0, 0.1) is 6.92 Å². The van der Waals surface area contributed by atoms with E-state index in [-0.39, 0.29) is 16.2 Å². The summed E-state index contributed by atoms with van der Waals surface area (Å²) in [5.74, 6) is -3.19. The Kier molecular flexibility index (Phi) is 2.62. The zero-order chi connectivity index (χ0) is 13.0. The van der Waals surface area contributed by atoms with Gasteiger partial charge in [0.25, 0.3) is 0 Å². The van der Waals surface area contributed by atoms with Gasteiger partial charge in [-0.3, -0.25) is 0 Å². The number of hydroxylamine groups is 2. The van der Waals surface area contributed by atoms with Crippen LogP contribution in [-0.2, 0) is 5.79 Å². The summed E-state index contributed by atoms with van der Waals surface area (Å²) in [5, 5.41) is 57.6. The maximum absolute atomic E-state index is 9.77. The van der Waals surface area contributed by atoms with E-state index < -0.39 is 24.0 Å². The Balaban J connectivity index is 2.77. The highest BCUT2D eigenvalue weighted by Crippen LogP contribution is 2.43. The average molecular weight is 243 g/mol. The van der Waals surface area contributed by atoms with Gasteiger partial charge in [0.2, 0.25) is 5.79 Å². The molecule has 6 N–H and O–H groups in total. The number of nitrogens with zero attached hydrogens (tertiary/aromatic N) is 1. The summed E-state index contributed by atoms with van der Waals surface area (Å²) in [6.07, 6.45) is -3.86. The third-order valence-corrected chi connectivity index (χ3v) is 2.92. The first-order chi connectivity index (χ1) is 7.78. The molecule has 1 aromatic rings. The summed E-state index contributed by atoms with van der Waals surface area (Å²) in [5.41, 5.74) is -0.111. The van der Waals surface area contributed by atoms with Gasteiger partial charge in [-0.25, -0.2) is 0 Å². The molecule has 0 radical (unpaired) electrons. The van der Waals surface area contributed by atoms with Crippen molar-refractivity contribution < 1.29 is 30.7 Å². The van der Waals surface area contributed by atoms with E-state index in [4.69, 9.17) is 0 Å². The molecule has 0 aromatic heterocycles. The lowest BCUT2D eigenvalue weighted by atomic mass is 9.88. The topological polar surface area (TPSA) is 125 Å². The third-order valence-electron chi connectivity index (χ3n) is 2.92. The highest BCUT2D eigenvalue weighted by molar-refractivity contribution is 5.49. The van der Waals surface area contributed by atoms with Crippen LogP contribution >= 0.6 is 0 Å². The quantitative estimate of drug-likeness (QED) is 0.318. The molecule has 2 rings (SSSR count). The highest BCUT2D eigenvalue weighted by Gasteiger charge is 2.50. The zero-order valence-electron chi connectivity index (χ0n) is 8.94. The molecule has 0 fully saturated rings. The van der Waals surface area contributed by atoms with E-state index in [0.29, 0.717) is 5.56 Å². The number of fused-ring (bicyclic) bond motifs is 1. The van der Waals surface area contributed by atoms with Gasteiger partial charge in [-0.15, -0.1) is 5.06 Å². The highest BCUT2D eigenvalue weighted by atomic mass is 16.6. The molecule has 0 bridgehead atoms. The van der Waals surface area contributed by atoms with E-state index in [1.807, 2.05) is 0 Å². The van der Waals surface area contributed by atoms with Crippen LogP contribution < -0.4 is 0 Å². The minimum Gasteiger partial charge on any atom is -0.508 e. The van der Waals surface area contributed by atoms with Gasteiger partial charge in [-0.1, -0.05) is 6.07 Å². The van der Waals surface area contributed by atoms with Gasteiger partial charge >= 0.3 is 0 Å². The first-order valence-corrected chi connectivity index (χ1v) is 4.89. The number of hydrogen-bond acceptors (Lipinski definition) is 7. The molecule has 2 atom stereocenters. The van der Waals surface area contributed by atoms with Crippen LogP contribution in [0.3, 0.4) is 0 Å². The van der Waals surface area contributed by atoms with Crippen molar-refractivity contribution in [1.29, 1.82) is 0 Å². The molecule has 0 spiro atoms. The molecule has 2 unspecified atom stereocenters. The second-order valence-corrected chi connectivity index (χ2v) is 4.04. The molecule has 0 saturated carbocycles. The Morgan fingerprint density at radius 2 is 1.82 bits per heavy atom. The molecule has 94 valence electrons. The van der Waals surface area contributed by atoms with Gasteiger partial charge in [0, 0.05) is 11.1 Å². The van der Waals surface area contributed by atoms with E-state index in [9.17, 15) is 30.7 Å². The number of aryl methyl sites for hydroxylation is 1. The van der Waals surface area contributed by atoms with E-state index in [2.05, 4.69) is 0 Å². The Morgan fingerprint density at radius 1 is 1.24 bits per heavy atom. The van der Waals surface area contributed by atoms with E-state index in [0.717, 1.165) is 0 Å². The van der Waals surface area contributed by atoms with E-state index in [1.54, 1.807) is 0 Å². The van der Waals surface area contributed by atoms with E-state index in [1.165, 1.54) is 19.1 Å². The monoisotopic (exact) mass is 243 g/mol. The van der Waals surface area contributed by atoms with Crippen LogP contribution in [0.4, 0.5) is 0 Å². The minimum absolute atomic E-state index is 0.0402. The summed E-state index contributed by atoms with van der Waals surface area (Å²) in [7, 11) is 0. The largest absolute Gasteiger partial charge is 0.508 e. The molecule has 0 saturated heterocycles. The van der Waals surface area contributed by atoms with Gasteiger partial charge in [-0.05, 0) is 18.6 Å². The van der Waals surface area contributed by atoms with Crippen molar-refractivity contribution in [1.82, 2.24) is 5.06 Å². The minimum atomic E-state index is -2.79. The first-order valence-electron chi connectivity index (χ1n) is 4.89. The van der Waals surface area contributed by atoms with Crippen LogP contribution in [0.5, 0.6) is 5.75 Å². The number of hydrogen-bond donors (Lipinski definition) is 6. The Morgan fingerprint density at radius 3 is 2.41 bits per heavy atom. The molecule has 7 nitrogen and oxygen atoms in total. The SMILES string of the molecule is Cc1ccc(O)c2c1C(O)(O)C(O)N(O)C2O. The number of phenolic OH excluding ortho intramolecular Hbond substituents is 1. The van der Waals surface area contributed by atoms with Crippen LogP contribution in [0.25, 0.3) is 0 Å². The van der Waals surface area contributed by atoms with Gasteiger partial charge < -0.3 is 30.7 Å². The van der Waals surface area contributed by atoms with Gasteiger partial charge in [0.15, 0.2) is 12.5 Å². The lowest BCUT2D eigenvalue weighted by molar-refractivity contribution is -0.376. The lowest BCUT2D eigenvalue weighted by Crippen LogP contribution is -2.55. The molecule has 1 aliphatic heterocycles. The van der Waals surface area contributed by atoms with Gasteiger partial charge in [0.05, 0.1) is 0 Å². The molecule has 1 aliphatic rings. The van der Waals surface area contributed by atoms with Gasteiger partial charge in [0.1, 0.15) is 5.75 Å². The maximum Gasteiger partial charge on any atom is 0.234 e. The van der Waals surface area contributed by atoms with E-state index >= 15 is 0 Å². The summed E-state index contributed by atoms with van der Waals surface area (Å²) in [4.78, 5) is 0. The van der Waals surface area contributed by atoms with Crippen molar-refractivity contribution in [2.75, 3.05) is 0 Å². The van der Waals surface area contributed by atoms with Crippen LogP contribution in [0.15, 0.2) is 12.1 Å². The maximum atomic E-state index is 9.77. The number of phenols is 1. The smallest absolute Gasteiger partial charge is 0.234 e. The third kappa shape index (κ3) is 1.53. The second kappa shape index (κ2) is 3.64. The first kappa shape index (κ1) is 12.2. The van der Waals surface area contributed by atoms with Gasteiger partial charge in [-0.2, -0.15) is 0 Å². The normalized spacial score (nSPS) is 27.9. The molecule has 7 heteroatoms. The van der Waals surface area contributed by atoms with Crippen molar-refractivity contribution in [3.8, 4) is 5.75 Å². The summed E-state index contributed by atoms with van der Waals surface area (Å²) in [6.45, 7) is 1.52. The fraction of sp³-hybridized carbons (Fsp3) is 0.400. The Bertz CT molecular complexity index is 460. The Labute approximate surface area is 96.4 Å². The molecule has 17 heavy (non-hydrogen) atoms. The van der Waals surface area contributed by atoms with Crippen LogP contribution in [0.2, 0.25) is 0 Å². The average Bonchev–Trinajstić information content (AvgIpc) is 2.27. The van der Waals surface area contributed by atoms with Crippen molar-refractivity contribution in [3.05, 3.63) is 28.8 Å². The second-order valence-electron chi connectivity index (χ2n) is 4.04. The zero-order valence-corrected chi connectivity index (χ0v) is 8.94. The number of aliphatic hydroxyl groups is 4. The number of aromatic hydroxyl groups is 1. The molecule has 0 aliphatic carbocycles. The van der Waals surface area contributed by atoms with Crippen molar-refractivity contribution in [2.45, 2.75) is 25.2 Å². The number of benzene rings is 1. The van der Waals surface area contributed by atoms with Crippen molar-refractivity contribution >= 4 is 0 Å². The lowest BCUT2D eigenvalue weighted by Gasteiger charge is -2.42. The fourth-order valence-electron chi connectivity index (χ4n) is 2.05. The summed E-state index contributed by atoms with van der Waals surface area (Å²) < 4.78 is 0. The van der Waals surface area contributed by atoms with Crippen molar-refractivity contribution in [3.63, 3.8) is 0 Å². The molecule has 1 heterocycles. The molecule has 1 aromatic carbocycles. The number of rotatable bonds is 0. The summed E-state index contributed by atoms with van der Waals surface area (Å²) >= 11 is 0. The summed E-state index contributed by atoms with van der Waals surface area (Å²) in [6, 6.07) is 2.65. The standard InChI is InChI=1S/C10H13NO6/c1-4-2-3-5(12)6-7(4)10(15,16)9(14)11(17)8(6)13/h2-3,8-9,12-17H,1H3. The number of aliphatic hydroxyl groups excluding tert-OH is 2. The van der Waals surface area contributed by atoms with Crippen LogP contribution in [0.1, 0.15) is 22.9 Å². The van der Waals surface area contributed by atoms with Crippen LogP contribution in [-0.4, -0.2) is 42.0 Å². The predicted molar refractivity (Wildman–Crippen MR) is 53.6 cm³/mol.